The molecule has 1 saturated heterocycles. The highest BCUT2D eigenvalue weighted by Crippen LogP contribution is 2.44. The van der Waals surface area contributed by atoms with Crippen molar-refractivity contribution in [1.29, 1.82) is 0 Å². The third kappa shape index (κ3) is 5.48. The molecule has 1 heterocycles. The Morgan fingerprint density at radius 3 is 2.17 bits per heavy atom. The predicted molar refractivity (Wildman–Crippen MR) is 130 cm³/mol. The summed E-state index contributed by atoms with van der Waals surface area (Å²) >= 11 is 0. The maximum absolute atomic E-state index is 13.2. The highest BCUT2D eigenvalue weighted by Gasteiger charge is 2.43. The number of aliphatic carboxylic acids is 1. The molecule has 0 bridgehead atoms. The van der Waals surface area contributed by atoms with Gasteiger partial charge in [0.15, 0.2) is 0 Å². The zero-order chi connectivity index (χ0) is 25.1. The van der Waals surface area contributed by atoms with Crippen molar-refractivity contribution in [1.82, 2.24) is 10.6 Å². The maximum Gasteiger partial charge on any atom is 0.408 e. The van der Waals surface area contributed by atoms with Crippen LogP contribution in [0.3, 0.4) is 0 Å². The summed E-state index contributed by atoms with van der Waals surface area (Å²) in [7, 11) is 0. The van der Waals surface area contributed by atoms with Gasteiger partial charge in [-0.25, -0.2) is 4.79 Å². The number of fused-ring (bicyclic) bond motifs is 3. The molecule has 0 radical (unpaired) electrons. The van der Waals surface area contributed by atoms with Crippen LogP contribution in [0.5, 0.6) is 0 Å². The molecule has 0 atom stereocenters. The van der Waals surface area contributed by atoms with Crippen LogP contribution in [0.1, 0.15) is 50.2 Å². The van der Waals surface area contributed by atoms with E-state index in [9.17, 15) is 14.4 Å². The summed E-state index contributed by atoms with van der Waals surface area (Å²) in [6.07, 6.45) is -0.123. The molecule has 2 aliphatic rings. The Morgan fingerprint density at radius 2 is 1.60 bits per heavy atom. The molecule has 8 heteroatoms. The SMILES string of the molecule is CC(C)(CNC(=O)C1(NC(=O)OCC2c3ccccc3-c3ccccc32)CCOCC1)CC(=O)O. The quantitative estimate of drug-likeness (QED) is 0.531. The summed E-state index contributed by atoms with van der Waals surface area (Å²) in [5, 5.41) is 14.8. The van der Waals surface area contributed by atoms with E-state index in [1.807, 2.05) is 36.4 Å². The van der Waals surface area contributed by atoms with Crippen molar-refractivity contribution in [3.8, 4) is 11.1 Å². The fourth-order valence-electron chi connectivity index (χ4n) is 4.92. The first-order valence-electron chi connectivity index (χ1n) is 11.9. The molecular formula is C27H32N2O6. The van der Waals surface area contributed by atoms with E-state index in [0.717, 1.165) is 22.3 Å². The highest BCUT2D eigenvalue weighted by molar-refractivity contribution is 5.90. The molecule has 0 aromatic heterocycles. The molecule has 1 fully saturated rings. The number of nitrogens with one attached hydrogen (secondary N) is 2. The van der Waals surface area contributed by atoms with Crippen LogP contribution in [-0.4, -0.2) is 55.0 Å². The van der Waals surface area contributed by atoms with E-state index in [1.54, 1.807) is 13.8 Å². The van der Waals surface area contributed by atoms with Crippen molar-refractivity contribution in [3.05, 3.63) is 59.7 Å². The molecule has 0 saturated carbocycles. The normalized spacial score (nSPS) is 16.6. The number of carbonyl (C=O) groups is 3. The third-order valence-electron chi connectivity index (χ3n) is 6.82. The highest BCUT2D eigenvalue weighted by atomic mass is 16.5. The van der Waals surface area contributed by atoms with Crippen LogP contribution in [0, 0.1) is 5.41 Å². The number of hydrogen-bond acceptors (Lipinski definition) is 5. The summed E-state index contributed by atoms with van der Waals surface area (Å²) in [6.45, 7) is 4.53. The van der Waals surface area contributed by atoms with Gasteiger partial charge in [-0.3, -0.25) is 9.59 Å². The molecule has 8 nitrogen and oxygen atoms in total. The molecule has 0 unspecified atom stereocenters. The van der Waals surface area contributed by atoms with Gasteiger partial charge in [-0.05, 0) is 27.7 Å². The monoisotopic (exact) mass is 480 g/mol. The first-order valence-corrected chi connectivity index (χ1v) is 11.9. The molecule has 2 aromatic rings. The molecule has 1 aliphatic carbocycles. The van der Waals surface area contributed by atoms with Crippen molar-refractivity contribution in [2.45, 2.75) is 44.6 Å². The number of benzene rings is 2. The van der Waals surface area contributed by atoms with Crippen LogP contribution in [0.2, 0.25) is 0 Å². The lowest BCUT2D eigenvalue weighted by atomic mass is 9.86. The Morgan fingerprint density at radius 1 is 1.03 bits per heavy atom. The van der Waals surface area contributed by atoms with Gasteiger partial charge in [-0.15, -0.1) is 0 Å². The van der Waals surface area contributed by atoms with E-state index in [4.69, 9.17) is 14.6 Å². The zero-order valence-electron chi connectivity index (χ0n) is 20.1. The van der Waals surface area contributed by atoms with Gasteiger partial charge in [0.05, 0.1) is 6.42 Å². The fourth-order valence-corrected chi connectivity index (χ4v) is 4.92. The van der Waals surface area contributed by atoms with Crippen molar-refractivity contribution in [2.24, 2.45) is 5.41 Å². The third-order valence-corrected chi connectivity index (χ3v) is 6.82. The van der Waals surface area contributed by atoms with E-state index in [0.29, 0.717) is 26.1 Å². The van der Waals surface area contributed by atoms with E-state index in [2.05, 4.69) is 22.8 Å². The number of carboxylic acid groups (broad SMARTS) is 1. The average molecular weight is 481 g/mol. The lowest BCUT2D eigenvalue weighted by Gasteiger charge is -2.37. The summed E-state index contributed by atoms with van der Waals surface area (Å²) in [6, 6.07) is 16.2. The number of carbonyl (C=O) groups excluding carboxylic acids is 2. The van der Waals surface area contributed by atoms with Crippen LogP contribution in [-0.2, 0) is 19.1 Å². The zero-order valence-corrected chi connectivity index (χ0v) is 20.1. The summed E-state index contributed by atoms with van der Waals surface area (Å²) in [4.78, 5) is 37.2. The van der Waals surface area contributed by atoms with Gasteiger partial charge in [0.2, 0.25) is 5.91 Å². The second kappa shape index (κ2) is 10.1. The molecule has 0 spiro atoms. The minimum atomic E-state index is -1.17. The number of carboxylic acids is 1. The Bertz CT molecular complexity index is 1060. The molecule has 3 N–H and O–H groups in total. The standard InChI is InChI=1S/C27H32N2O6/c1-26(2,15-23(30)31)17-28-24(32)27(11-13-34-14-12-27)29-25(33)35-16-22-20-9-5-3-7-18(20)19-8-4-6-10-21(19)22/h3-10,22H,11-17H2,1-2H3,(H,28,32)(H,29,33)(H,30,31). The largest absolute Gasteiger partial charge is 0.481 e. The molecule has 186 valence electrons. The van der Waals surface area contributed by atoms with Gasteiger partial charge in [-0.2, -0.15) is 0 Å². The second-order valence-electron chi connectivity index (χ2n) is 10.1. The lowest BCUT2D eigenvalue weighted by molar-refractivity contribution is -0.140. The lowest BCUT2D eigenvalue weighted by Crippen LogP contribution is -2.62. The number of hydrogen-bond donors (Lipinski definition) is 3. The van der Waals surface area contributed by atoms with Crippen LogP contribution in [0.15, 0.2) is 48.5 Å². The molecule has 35 heavy (non-hydrogen) atoms. The number of ether oxygens (including phenoxy) is 2. The summed E-state index contributed by atoms with van der Waals surface area (Å²) < 4.78 is 11.1. The Balaban J connectivity index is 1.42. The van der Waals surface area contributed by atoms with Gasteiger partial charge in [0.1, 0.15) is 12.1 Å². The van der Waals surface area contributed by atoms with Gasteiger partial charge in [0.25, 0.3) is 0 Å². The Hall–Kier alpha value is -3.39. The van der Waals surface area contributed by atoms with Crippen LogP contribution >= 0.6 is 0 Å². The molecule has 4 rings (SSSR count). The maximum atomic E-state index is 13.2. The average Bonchev–Trinajstić information content (AvgIpc) is 3.15. The van der Waals surface area contributed by atoms with Crippen LogP contribution < -0.4 is 10.6 Å². The Labute approximate surface area is 205 Å². The van der Waals surface area contributed by atoms with Gasteiger partial charge < -0.3 is 25.2 Å². The Kier molecular flexibility index (Phi) is 7.12. The smallest absolute Gasteiger partial charge is 0.408 e. The van der Waals surface area contributed by atoms with E-state index >= 15 is 0 Å². The predicted octanol–water partition coefficient (Wildman–Crippen LogP) is 3.69. The van der Waals surface area contributed by atoms with E-state index < -0.39 is 23.0 Å². The van der Waals surface area contributed by atoms with Crippen LogP contribution in [0.25, 0.3) is 11.1 Å². The van der Waals surface area contributed by atoms with Crippen molar-refractivity contribution >= 4 is 18.0 Å². The van der Waals surface area contributed by atoms with Crippen LogP contribution in [0.4, 0.5) is 4.79 Å². The second-order valence-corrected chi connectivity index (χ2v) is 10.1. The van der Waals surface area contributed by atoms with E-state index in [-0.39, 0.29) is 31.4 Å². The van der Waals surface area contributed by atoms with Crippen molar-refractivity contribution in [3.63, 3.8) is 0 Å². The molecule has 1 aliphatic heterocycles. The fraction of sp³-hybridized carbons (Fsp3) is 0.444. The summed E-state index contributed by atoms with van der Waals surface area (Å²) in [5.41, 5.74) is 2.71. The number of rotatable bonds is 8. The molecule has 2 aromatic carbocycles. The van der Waals surface area contributed by atoms with Crippen molar-refractivity contribution < 1.29 is 29.0 Å². The molecular weight excluding hydrogens is 448 g/mol. The first kappa shape index (κ1) is 24.7. The summed E-state index contributed by atoms with van der Waals surface area (Å²) in [5.74, 6) is -1.36. The minimum absolute atomic E-state index is 0.0792. The number of alkyl carbamates (subject to hydrolysis) is 1. The van der Waals surface area contributed by atoms with Gasteiger partial charge in [-0.1, -0.05) is 62.4 Å². The number of amides is 2. The van der Waals surface area contributed by atoms with Gasteiger partial charge >= 0.3 is 12.1 Å². The molecule has 2 amide bonds. The van der Waals surface area contributed by atoms with Gasteiger partial charge in [0, 0.05) is 38.5 Å². The first-order chi connectivity index (χ1) is 16.7. The topological polar surface area (TPSA) is 114 Å². The minimum Gasteiger partial charge on any atom is -0.481 e. The van der Waals surface area contributed by atoms with Crippen molar-refractivity contribution in [2.75, 3.05) is 26.4 Å². The van der Waals surface area contributed by atoms with E-state index in [1.165, 1.54) is 0 Å².